The first kappa shape index (κ1) is 23.4. The predicted molar refractivity (Wildman–Crippen MR) is 126 cm³/mol. The van der Waals surface area contributed by atoms with E-state index in [4.69, 9.17) is 25.6 Å². The van der Waals surface area contributed by atoms with Gasteiger partial charge in [-0.15, -0.1) is 0 Å². The molecule has 2 aromatic carbocycles. The van der Waals surface area contributed by atoms with Crippen molar-refractivity contribution in [3.8, 4) is 11.5 Å². The molecule has 1 unspecified atom stereocenters. The van der Waals surface area contributed by atoms with Crippen LogP contribution in [-0.4, -0.2) is 35.7 Å². The molecule has 1 saturated heterocycles. The molecule has 2 heterocycles. The number of benzene rings is 2. The normalized spacial score (nSPS) is 17.3. The molecule has 1 fully saturated rings. The van der Waals surface area contributed by atoms with E-state index in [9.17, 15) is 14.7 Å². The Morgan fingerprint density at radius 1 is 1.21 bits per heavy atom. The van der Waals surface area contributed by atoms with E-state index in [1.54, 1.807) is 49.4 Å². The summed E-state index contributed by atoms with van der Waals surface area (Å²) in [4.78, 5) is 27.6. The minimum atomic E-state index is -0.962. The Kier molecular flexibility index (Phi) is 6.61. The molecule has 1 N–H and O–H groups in total. The highest BCUT2D eigenvalue weighted by molar-refractivity contribution is 6.51. The largest absolute Gasteiger partial charge is 0.507 e. The van der Waals surface area contributed by atoms with Crippen LogP contribution in [0.2, 0.25) is 5.02 Å². The van der Waals surface area contributed by atoms with Gasteiger partial charge in [0.25, 0.3) is 5.78 Å². The van der Waals surface area contributed by atoms with Crippen LogP contribution in [0.25, 0.3) is 5.76 Å². The maximum atomic E-state index is 13.2. The van der Waals surface area contributed by atoms with Crippen molar-refractivity contribution in [1.82, 2.24) is 5.16 Å². The van der Waals surface area contributed by atoms with Gasteiger partial charge in [-0.1, -0.05) is 35.8 Å². The van der Waals surface area contributed by atoms with Gasteiger partial charge in [0.15, 0.2) is 5.82 Å². The van der Waals surface area contributed by atoms with Gasteiger partial charge in [-0.2, -0.15) is 0 Å². The first-order chi connectivity index (χ1) is 16.3. The Bertz CT molecular complexity index is 1280. The predicted octanol–water partition coefficient (Wildman–Crippen LogP) is 5.06. The number of aromatic nitrogens is 1. The summed E-state index contributed by atoms with van der Waals surface area (Å²) >= 11 is 6.24. The van der Waals surface area contributed by atoms with E-state index >= 15 is 0 Å². The zero-order valence-corrected chi connectivity index (χ0v) is 19.6. The number of Topliss-reactive ketones (excluding diaryl/α,β-unsaturated/α-hetero) is 1. The quantitative estimate of drug-likeness (QED) is 0.285. The van der Waals surface area contributed by atoms with Gasteiger partial charge in [-0.3, -0.25) is 14.5 Å². The molecule has 8 nitrogen and oxygen atoms in total. The number of hydrogen-bond donors (Lipinski definition) is 1. The highest BCUT2D eigenvalue weighted by Crippen LogP contribution is 2.43. The van der Waals surface area contributed by atoms with Gasteiger partial charge in [-0.05, 0) is 49.2 Å². The number of anilines is 1. The molecule has 34 heavy (non-hydrogen) atoms. The maximum Gasteiger partial charge on any atom is 0.301 e. The van der Waals surface area contributed by atoms with Crippen LogP contribution in [0.15, 0.2) is 58.6 Å². The number of rotatable bonds is 7. The molecule has 176 valence electrons. The van der Waals surface area contributed by atoms with E-state index in [2.05, 4.69) is 5.16 Å². The molecule has 0 aliphatic carbocycles. The lowest BCUT2D eigenvalue weighted by atomic mass is 9.95. The number of halogens is 1. The first-order valence-electron chi connectivity index (χ1n) is 10.7. The van der Waals surface area contributed by atoms with Crippen molar-refractivity contribution < 1.29 is 28.7 Å². The van der Waals surface area contributed by atoms with Crippen molar-refractivity contribution in [1.29, 1.82) is 0 Å². The summed E-state index contributed by atoms with van der Waals surface area (Å²) in [6.07, 6.45) is 0.819. The van der Waals surface area contributed by atoms with Crippen LogP contribution >= 0.6 is 11.6 Å². The van der Waals surface area contributed by atoms with Crippen LogP contribution in [-0.2, 0) is 9.59 Å². The van der Waals surface area contributed by atoms with E-state index in [1.165, 1.54) is 18.1 Å². The molecule has 9 heteroatoms. The Hall–Kier alpha value is -3.78. The molecule has 1 atom stereocenters. The molecule has 1 amide bonds. The summed E-state index contributed by atoms with van der Waals surface area (Å²) in [5.41, 5.74) is 0.734. The summed E-state index contributed by atoms with van der Waals surface area (Å²) in [6, 6.07) is 12.2. The molecule has 3 aromatic rings. The number of aliphatic hydroxyl groups excluding tert-OH is 1. The molecule has 4 rings (SSSR count). The Morgan fingerprint density at radius 3 is 2.65 bits per heavy atom. The van der Waals surface area contributed by atoms with Crippen LogP contribution < -0.4 is 14.4 Å². The van der Waals surface area contributed by atoms with Gasteiger partial charge in [0.2, 0.25) is 0 Å². The van der Waals surface area contributed by atoms with E-state index in [0.717, 1.165) is 6.42 Å². The van der Waals surface area contributed by atoms with Gasteiger partial charge in [0.1, 0.15) is 23.0 Å². The van der Waals surface area contributed by atoms with Gasteiger partial charge < -0.3 is 19.1 Å². The van der Waals surface area contributed by atoms with Crippen molar-refractivity contribution in [3.63, 3.8) is 0 Å². The number of aliphatic hydroxyl groups is 1. The number of aryl methyl sites for hydroxylation is 1. The van der Waals surface area contributed by atoms with Crippen molar-refractivity contribution in [2.75, 3.05) is 18.6 Å². The summed E-state index contributed by atoms with van der Waals surface area (Å²) in [6.45, 7) is 4.18. The molecule has 1 aliphatic rings. The maximum absolute atomic E-state index is 13.2. The third kappa shape index (κ3) is 4.24. The number of ketones is 1. The van der Waals surface area contributed by atoms with Crippen LogP contribution in [0.1, 0.15) is 36.3 Å². The topological polar surface area (TPSA) is 102 Å². The number of methoxy groups -OCH3 is 1. The standard InChI is InChI=1S/C25H23ClN2O6/c1-4-10-33-17-7-5-6-15(12-17)22-21(23(29)16-8-9-19(32-3)18(26)13-16)24(30)25(31)28(22)20-11-14(2)34-27-20/h5-9,11-13,22,29H,4,10H2,1-3H3. The van der Waals surface area contributed by atoms with Crippen molar-refractivity contribution in [2.45, 2.75) is 26.3 Å². The number of ether oxygens (including phenoxy) is 2. The number of amides is 1. The number of carbonyl (C=O) groups excluding carboxylic acids is 2. The van der Waals surface area contributed by atoms with E-state index in [1.807, 2.05) is 6.92 Å². The number of nitrogens with zero attached hydrogens (tertiary/aromatic N) is 2. The number of hydrogen-bond acceptors (Lipinski definition) is 7. The van der Waals surface area contributed by atoms with Crippen molar-refractivity contribution >= 4 is 34.9 Å². The lowest BCUT2D eigenvalue weighted by molar-refractivity contribution is -0.132. The summed E-state index contributed by atoms with van der Waals surface area (Å²) in [5, 5.41) is 15.4. The third-order valence-electron chi connectivity index (χ3n) is 5.38. The second kappa shape index (κ2) is 9.61. The lowest BCUT2D eigenvalue weighted by Crippen LogP contribution is -2.29. The molecular weight excluding hydrogens is 460 g/mol. The fraction of sp³-hybridized carbons (Fsp3) is 0.240. The average molecular weight is 483 g/mol. The van der Waals surface area contributed by atoms with Gasteiger partial charge >= 0.3 is 5.91 Å². The van der Waals surface area contributed by atoms with Crippen LogP contribution in [0.4, 0.5) is 5.82 Å². The minimum Gasteiger partial charge on any atom is -0.507 e. The summed E-state index contributed by atoms with van der Waals surface area (Å²) in [5.74, 6) is -0.429. The fourth-order valence-corrected chi connectivity index (χ4v) is 4.07. The highest BCUT2D eigenvalue weighted by atomic mass is 35.5. The first-order valence-corrected chi connectivity index (χ1v) is 11.0. The minimum absolute atomic E-state index is 0.0977. The summed E-state index contributed by atoms with van der Waals surface area (Å²) in [7, 11) is 1.47. The molecule has 0 radical (unpaired) electrons. The van der Waals surface area contributed by atoms with E-state index in [0.29, 0.717) is 29.4 Å². The fourth-order valence-electron chi connectivity index (χ4n) is 3.81. The highest BCUT2D eigenvalue weighted by Gasteiger charge is 2.48. The van der Waals surface area contributed by atoms with Crippen molar-refractivity contribution in [2.24, 2.45) is 0 Å². The van der Waals surface area contributed by atoms with Crippen molar-refractivity contribution in [3.05, 3.63) is 76.0 Å². The SMILES string of the molecule is CCCOc1cccc(C2C(=C(O)c3ccc(OC)c(Cl)c3)C(=O)C(=O)N2c2cc(C)on2)c1. The van der Waals surface area contributed by atoms with Gasteiger partial charge in [-0.25, -0.2) is 0 Å². The van der Waals surface area contributed by atoms with Gasteiger partial charge in [0, 0.05) is 11.6 Å². The smallest absolute Gasteiger partial charge is 0.301 e. The average Bonchev–Trinajstić information content (AvgIpc) is 3.37. The molecular formula is C25H23ClN2O6. The van der Waals surface area contributed by atoms with Crippen LogP contribution in [0, 0.1) is 6.92 Å². The third-order valence-corrected chi connectivity index (χ3v) is 5.67. The molecule has 1 aromatic heterocycles. The molecule has 0 bridgehead atoms. The Labute approximate surface area is 201 Å². The zero-order chi connectivity index (χ0) is 24.4. The van der Waals surface area contributed by atoms with Crippen LogP contribution in [0.5, 0.6) is 11.5 Å². The number of carbonyl (C=O) groups is 2. The van der Waals surface area contributed by atoms with Crippen LogP contribution in [0.3, 0.4) is 0 Å². The second-order valence-electron chi connectivity index (χ2n) is 7.74. The monoisotopic (exact) mass is 482 g/mol. The molecule has 0 spiro atoms. The Morgan fingerprint density at radius 2 is 2.00 bits per heavy atom. The van der Waals surface area contributed by atoms with E-state index in [-0.39, 0.29) is 27.7 Å². The Balaban J connectivity index is 1.90. The zero-order valence-electron chi connectivity index (χ0n) is 18.9. The van der Waals surface area contributed by atoms with E-state index < -0.39 is 17.7 Å². The lowest BCUT2D eigenvalue weighted by Gasteiger charge is -2.23. The molecule has 0 saturated carbocycles. The second-order valence-corrected chi connectivity index (χ2v) is 8.14. The van der Waals surface area contributed by atoms with Gasteiger partial charge in [0.05, 0.1) is 30.4 Å². The molecule has 1 aliphatic heterocycles. The summed E-state index contributed by atoms with van der Waals surface area (Å²) < 4.78 is 16.1.